The molecule has 0 aliphatic rings. The standard InChI is InChI=1S/C16H18ClNO4S/c1-10(2)11-4-7-15(22-3)16(8-11)23(20,21)18-13-9-12(17)5-6-14(13)19/h4-10,18-19H,1-3H3. The second-order valence-corrected chi connectivity index (χ2v) is 7.42. The lowest BCUT2D eigenvalue weighted by molar-refractivity contribution is 0.402. The van der Waals surface area contributed by atoms with E-state index in [-0.39, 0.29) is 28.0 Å². The highest BCUT2D eigenvalue weighted by atomic mass is 35.5. The molecule has 0 radical (unpaired) electrons. The third kappa shape index (κ3) is 3.89. The first-order chi connectivity index (χ1) is 10.7. The average molecular weight is 356 g/mol. The number of rotatable bonds is 5. The topological polar surface area (TPSA) is 75.6 Å². The smallest absolute Gasteiger partial charge is 0.265 e. The fourth-order valence-corrected chi connectivity index (χ4v) is 3.49. The first-order valence-corrected chi connectivity index (χ1v) is 8.80. The van der Waals surface area contributed by atoms with Gasteiger partial charge in [0, 0.05) is 5.02 Å². The van der Waals surface area contributed by atoms with Gasteiger partial charge in [0.1, 0.15) is 16.4 Å². The number of sulfonamides is 1. The molecular formula is C16H18ClNO4S. The van der Waals surface area contributed by atoms with Crippen LogP contribution in [-0.2, 0) is 10.0 Å². The number of benzene rings is 2. The predicted molar refractivity (Wildman–Crippen MR) is 91.0 cm³/mol. The second kappa shape index (κ2) is 6.68. The van der Waals surface area contributed by atoms with Gasteiger partial charge in [0.05, 0.1) is 12.8 Å². The molecule has 0 heterocycles. The van der Waals surface area contributed by atoms with E-state index in [2.05, 4.69) is 4.72 Å². The molecule has 124 valence electrons. The van der Waals surface area contributed by atoms with E-state index in [4.69, 9.17) is 16.3 Å². The molecule has 0 amide bonds. The molecule has 2 aromatic rings. The van der Waals surface area contributed by atoms with Gasteiger partial charge in [-0.1, -0.05) is 31.5 Å². The third-order valence-corrected chi connectivity index (χ3v) is 4.97. The molecule has 0 unspecified atom stereocenters. The van der Waals surface area contributed by atoms with Gasteiger partial charge in [-0.05, 0) is 41.8 Å². The Hall–Kier alpha value is -1.92. The Kier molecular flexibility index (Phi) is 5.06. The van der Waals surface area contributed by atoms with Crippen molar-refractivity contribution < 1.29 is 18.3 Å². The third-order valence-electron chi connectivity index (χ3n) is 3.35. The van der Waals surface area contributed by atoms with Gasteiger partial charge in [0.25, 0.3) is 10.0 Å². The van der Waals surface area contributed by atoms with Gasteiger partial charge in [0.15, 0.2) is 0 Å². The minimum atomic E-state index is -3.95. The Balaban J connectivity index is 2.50. The number of anilines is 1. The molecule has 5 nitrogen and oxygen atoms in total. The van der Waals surface area contributed by atoms with E-state index in [1.165, 1.54) is 25.3 Å². The van der Waals surface area contributed by atoms with E-state index >= 15 is 0 Å². The van der Waals surface area contributed by atoms with Gasteiger partial charge >= 0.3 is 0 Å². The Morgan fingerprint density at radius 2 is 1.87 bits per heavy atom. The van der Waals surface area contributed by atoms with Crippen molar-refractivity contribution in [2.24, 2.45) is 0 Å². The average Bonchev–Trinajstić information content (AvgIpc) is 2.50. The van der Waals surface area contributed by atoms with Gasteiger partial charge < -0.3 is 9.84 Å². The summed E-state index contributed by atoms with van der Waals surface area (Å²) >= 11 is 5.85. The van der Waals surface area contributed by atoms with E-state index in [1.54, 1.807) is 12.1 Å². The van der Waals surface area contributed by atoms with Crippen LogP contribution in [0.1, 0.15) is 25.3 Å². The SMILES string of the molecule is COc1ccc(C(C)C)cc1S(=O)(=O)Nc1cc(Cl)ccc1O. The summed E-state index contributed by atoms with van der Waals surface area (Å²) in [5.74, 6) is 0.176. The summed E-state index contributed by atoms with van der Waals surface area (Å²) in [5, 5.41) is 10.1. The summed E-state index contributed by atoms with van der Waals surface area (Å²) in [6.45, 7) is 3.93. The Bertz CT molecular complexity index is 819. The van der Waals surface area contributed by atoms with E-state index in [0.717, 1.165) is 5.56 Å². The number of hydrogen-bond acceptors (Lipinski definition) is 4. The number of halogens is 1. The van der Waals surface area contributed by atoms with Gasteiger partial charge in [0.2, 0.25) is 0 Å². The van der Waals surface area contributed by atoms with E-state index < -0.39 is 10.0 Å². The number of hydrogen-bond donors (Lipinski definition) is 2. The van der Waals surface area contributed by atoms with Crippen LogP contribution in [0.15, 0.2) is 41.3 Å². The molecule has 2 aromatic carbocycles. The van der Waals surface area contributed by atoms with Gasteiger partial charge in [-0.2, -0.15) is 0 Å². The van der Waals surface area contributed by atoms with Crippen LogP contribution in [0.2, 0.25) is 5.02 Å². The predicted octanol–water partition coefficient (Wildman–Crippen LogP) is 3.98. The van der Waals surface area contributed by atoms with E-state index in [9.17, 15) is 13.5 Å². The lowest BCUT2D eigenvalue weighted by atomic mass is 10.0. The number of nitrogens with one attached hydrogen (secondary N) is 1. The van der Waals surface area contributed by atoms with Gasteiger partial charge in [-0.15, -0.1) is 0 Å². The fraction of sp³-hybridized carbons (Fsp3) is 0.250. The number of ether oxygens (including phenoxy) is 1. The Labute approximate surface area is 140 Å². The van der Waals surface area contributed by atoms with Gasteiger partial charge in [-0.3, -0.25) is 4.72 Å². The molecule has 0 aliphatic heterocycles. The van der Waals surface area contributed by atoms with Crippen LogP contribution in [-0.4, -0.2) is 20.6 Å². The Morgan fingerprint density at radius 1 is 1.17 bits per heavy atom. The quantitative estimate of drug-likeness (QED) is 0.795. The van der Waals surface area contributed by atoms with Crippen LogP contribution in [0, 0.1) is 0 Å². The highest BCUT2D eigenvalue weighted by molar-refractivity contribution is 7.92. The number of aromatic hydroxyl groups is 1. The van der Waals surface area contributed by atoms with E-state index in [0.29, 0.717) is 5.02 Å². The lowest BCUT2D eigenvalue weighted by Crippen LogP contribution is -2.14. The summed E-state index contributed by atoms with van der Waals surface area (Å²) in [6.07, 6.45) is 0. The molecule has 0 spiro atoms. The van der Waals surface area contributed by atoms with Crippen molar-refractivity contribution in [1.29, 1.82) is 0 Å². The normalized spacial score (nSPS) is 11.5. The number of methoxy groups -OCH3 is 1. The molecule has 23 heavy (non-hydrogen) atoms. The van der Waals surface area contributed by atoms with Crippen molar-refractivity contribution in [1.82, 2.24) is 0 Å². The van der Waals surface area contributed by atoms with Crippen molar-refractivity contribution in [2.75, 3.05) is 11.8 Å². The minimum absolute atomic E-state index is 0.00516. The number of phenolic OH excluding ortho intramolecular Hbond substituents is 1. The molecule has 0 saturated carbocycles. The van der Waals surface area contributed by atoms with Crippen molar-refractivity contribution in [2.45, 2.75) is 24.7 Å². The van der Waals surface area contributed by atoms with Gasteiger partial charge in [-0.25, -0.2) is 8.42 Å². The minimum Gasteiger partial charge on any atom is -0.506 e. The number of phenols is 1. The molecule has 0 atom stereocenters. The molecular weight excluding hydrogens is 338 g/mol. The maximum atomic E-state index is 12.7. The monoisotopic (exact) mass is 355 g/mol. The molecule has 2 rings (SSSR count). The first kappa shape index (κ1) is 17.4. The van der Waals surface area contributed by atoms with Crippen LogP contribution >= 0.6 is 11.6 Å². The molecule has 0 bridgehead atoms. The van der Waals surface area contributed by atoms with Crippen molar-refractivity contribution >= 4 is 27.3 Å². The highest BCUT2D eigenvalue weighted by Gasteiger charge is 2.22. The van der Waals surface area contributed by atoms with E-state index in [1.807, 2.05) is 19.9 Å². The van der Waals surface area contributed by atoms with Crippen LogP contribution in [0.3, 0.4) is 0 Å². The summed E-state index contributed by atoms with van der Waals surface area (Å²) in [4.78, 5) is 0.00516. The second-order valence-electron chi connectivity index (χ2n) is 5.33. The van der Waals surface area contributed by atoms with Crippen molar-refractivity contribution in [3.05, 3.63) is 47.0 Å². The summed E-state index contributed by atoms with van der Waals surface area (Å²) < 4.78 is 32.8. The summed E-state index contributed by atoms with van der Waals surface area (Å²) in [5.41, 5.74) is 0.871. The molecule has 7 heteroatoms. The van der Waals surface area contributed by atoms with Crippen LogP contribution in [0.4, 0.5) is 5.69 Å². The molecule has 2 N–H and O–H groups in total. The zero-order valence-electron chi connectivity index (χ0n) is 13.0. The molecule has 0 aliphatic carbocycles. The summed E-state index contributed by atoms with van der Waals surface area (Å²) in [6, 6.07) is 9.12. The summed E-state index contributed by atoms with van der Waals surface area (Å²) in [7, 11) is -2.54. The molecule has 0 aromatic heterocycles. The first-order valence-electron chi connectivity index (χ1n) is 6.94. The highest BCUT2D eigenvalue weighted by Crippen LogP contribution is 2.32. The van der Waals surface area contributed by atoms with Crippen LogP contribution in [0.5, 0.6) is 11.5 Å². The maximum absolute atomic E-state index is 12.7. The van der Waals surface area contributed by atoms with Crippen LogP contribution in [0.25, 0.3) is 0 Å². The fourth-order valence-electron chi connectivity index (χ4n) is 2.05. The zero-order chi connectivity index (χ0) is 17.2. The van der Waals surface area contributed by atoms with Crippen molar-refractivity contribution in [3.63, 3.8) is 0 Å². The largest absolute Gasteiger partial charge is 0.506 e. The maximum Gasteiger partial charge on any atom is 0.265 e. The lowest BCUT2D eigenvalue weighted by Gasteiger charge is -2.15. The molecule has 0 saturated heterocycles. The molecule has 0 fully saturated rings. The van der Waals surface area contributed by atoms with Crippen LogP contribution < -0.4 is 9.46 Å². The zero-order valence-corrected chi connectivity index (χ0v) is 14.6. The Morgan fingerprint density at radius 3 is 2.48 bits per heavy atom. The van der Waals surface area contributed by atoms with Crippen molar-refractivity contribution in [3.8, 4) is 11.5 Å².